The zero-order valence-electron chi connectivity index (χ0n) is 14.5. The number of nitrogens with zero attached hydrogens (tertiary/aromatic N) is 1. The van der Waals surface area contributed by atoms with Gasteiger partial charge in [-0.15, -0.1) is 12.4 Å². The van der Waals surface area contributed by atoms with Gasteiger partial charge in [-0.2, -0.15) is 0 Å². The minimum Gasteiger partial charge on any atom is -0.342 e. The SMILES string of the molecule is Cl.NC[C@@H]1CN(C(=O)CC2CCCCCC2)C[C@H]1c1ccccc1. The first-order valence-electron chi connectivity index (χ1n) is 9.30. The van der Waals surface area contributed by atoms with Crippen LogP contribution in [0.5, 0.6) is 0 Å². The van der Waals surface area contributed by atoms with E-state index in [1.807, 2.05) is 6.07 Å². The smallest absolute Gasteiger partial charge is 0.222 e. The fourth-order valence-corrected chi connectivity index (χ4v) is 4.34. The fraction of sp³-hybridized carbons (Fsp3) is 0.650. The molecule has 1 aliphatic carbocycles. The molecule has 1 heterocycles. The summed E-state index contributed by atoms with van der Waals surface area (Å²) in [5.74, 6) is 1.76. The number of halogens is 1. The molecular formula is C20H31ClN2O. The Kier molecular flexibility index (Phi) is 7.57. The van der Waals surface area contributed by atoms with E-state index < -0.39 is 0 Å². The Bertz CT molecular complexity index is 500. The summed E-state index contributed by atoms with van der Waals surface area (Å²) >= 11 is 0. The van der Waals surface area contributed by atoms with Crippen LogP contribution >= 0.6 is 12.4 Å². The number of likely N-dealkylation sites (tertiary alicyclic amines) is 1. The molecule has 1 saturated heterocycles. The van der Waals surface area contributed by atoms with Gasteiger partial charge in [0.05, 0.1) is 0 Å². The van der Waals surface area contributed by atoms with Crippen LogP contribution < -0.4 is 5.73 Å². The molecule has 1 aliphatic heterocycles. The fourth-order valence-electron chi connectivity index (χ4n) is 4.34. The summed E-state index contributed by atoms with van der Waals surface area (Å²) < 4.78 is 0. The van der Waals surface area contributed by atoms with Crippen LogP contribution in [0.3, 0.4) is 0 Å². The molecule has 2 atom stereocenters. The molecule has 3 nitrogen and oxygen atoms in total. The number of rotatable bonds is 4. The van der Waals surface area contributed by atoms with Gasteiger partial charge in [-0.05, 0) is 36.8 Å². The molecule has 24 heavy (non-hydrogen) atoms. The van der Waals surface area contributed by atoms with Crippen molar-refractivity contribution in [1.29, 1.82) is 0 Å². The van der Waals surface area contributed by atoms with Crippen LogP contribution in [-0.4, -0.2) is 30.4 Å². The zero-order chi connectivity index (χ0) is 16.1. The van der Waals surface area contributed by atoms with Crippen LogP contribution in [0.4, 0.5) is 0 Å². The zero-order valence-corrected chi connectivity index (χ0v) is 15.3. The molecule has 1 amide bonds. The molecule has 1 aromatic rings. The maximum atomic E-state index is 12.7. The van der Waals surface area contributed by atoms with Crippen LogP contribution in [0.15, 0.2) is 30.3 Å². The molecular weight excluding hydrogens is 320 g/mol. The van der Waals surface area contributed by atoms with Gasteiger partial charge in [0.15, 0.2) is 0 Å². The van der Waals surface area contributed by atoms with Crippen molar-refractivity contribution in [2.24, 2.45) is 17.6 Å². The monoisotopic (exact) mass is 350 g/mol. The second-order valence-corrected chi connectivity index (χ2v) is 7.37. The van der Waals surface area contributed by atoms with Gasteiger partial charge in [-0.25, -0.2) is 0 Å². The van der Waals surface area contributed by atoms with Gasteiger partial charge in [-0.1, -0.05) is 56.0 Å². The number of amides is 1. The average molecular weight is 351 g/mol. The van der Waals surface area contributed by atoms with Crippen LogP contribution in [0.1, 0.15) is 56.4 Å². The van der Waals surface area contributed by atoms with E-state index in [0.29, 0.717) is 30.2 Å². The van der Waals surface area contributed by atoms with E-state index in [4.69, 9.17) is 5.73 Å². The molecule has 0 spiro atoms. The summed E-state index contributed by atoms with van der Waals surface area (Å²) in [5, 5.41) is 0. The normalized spacial score (nSPS) is 25.1. The summed E-state index contributed by atoms with van der Waals surface area (Å²) in [6.45, 7) is 2.34. The minimum atomic E-state index is 0. The third-order valence-corrected chi connectivity index (χ3v) is 5.76. The van der Waals surface area contributed by atoms with Gasteiger partial charge in [-0.3, -0.25) is 4.79 Å². The van der Waals surface area contributed by atoms with Gasteiger partial charge in [0.2, 0.25) is 5.91 Å². The van der Waals surface area contributed by atoms with Crippen molar-refractivity contribution in [1.82, 2.24) is 4.90 Å². The second kappa shape index (κ2) is 9.43. The van der Waals surface area contributed by atoms with Crippen LogP contribution in [0.2, 0.25) is 0 Å². The number of hydrogen-bond donors (Lipinski definition) is 1. The number of hydrogen-bond acceptors (Lipinski definition) is 2. The van der Waals surface area contributed by atoms with E-state index in [9.17, 15) is 4.79 Å². The van der Waals surface area contributed by atoms with Crippen LogP contribution in [-0.2, 0) is 4.79 Å². The Labute approximate surface area is 152 Å². The Morgan fingerprint density at radius 3 is 2.33 bits per heavy atom. The van der Waals surface area contributed by atoms with E-state index in [1.165, 1.54) is 44.1 Å². The van der Waals surface area contributed by atoms with Gasteiger partial charge in [0, 0.05) is 25.4 Å². The summed E-state index contributed by atoms with van der Waals surface area (Å²) in [6.07, 6.45) is 8.52. The quantitative estimate of drug-likeness (QED) is 0.835. The maximum absolute atomic E-state index is 12.7. The van der Waals surface area contributed by atoms with E-state index in [-0.39, 0.29) is 12.4 Å². The van der Waals surface area contributed by atoms with E-state index in [2.05, 4.69) is 29.2 Å². The number of benzene rings is 1. The molecule has 4 heteroatoms. The first-order valence-corrected chi connectivity index (χ1v) is 9.30. The lowest BCUT2D eigenvalue weighted by Gasteiger charge is -2.20. The molecule has 2 fully saturated rings. The largest absolute Gasteiger partial charge is 0.342 e. The Morgan fingerprint density at radius 1 is 1.04 bits per heavy atom. The van der Waals surface area contributed by atoms with Gasteiger partial charge in [0.1, 0.15) is 0 Å². The summed E-state index contributed by atoms with van der Waals surface area (Å²) in [5.41, 5.74) is 7.32. The molecule has 0 bridgehead atoms. The molecule has 0 radical (unpaired) electrons. The van der Waals surface area contributed by atoms with Crippen molar-refractivity contribution in [2.75, 3.05) is 19.6 Å². The standard InChI is InChI=1S/C20H30N2O.ClH/c21-13-18-14-22(15-19(18)17-10-6-3-7-11-17)20(23)12-16-8-4-1-2-5-9-16;/h3,6-7,10-11,16,18-19H,1-2,4-5,8-9,12-15,21H2;1H/t18-,19+;/m1./s1. The molecule has 0 unspecified atom stereocenters. The maximum Gasteiger partial charge on any atom is 0.222 e. The number of nitrogens with two attached hydrogens (primary N) is 1. The first-order chi connectivity index (χ1) is 11.3. The van der Waals surface area contributed by atoms with Crippen molar-refractivity contribution in [3.63, 3.8) is 0 Å². The summed E-state index contributed by atoms with van der Waals surface area (Å²) in [7, 11) is 0. The molecule has 2 N–H and O–H groups in total. The lowest BCUT2D eigenvalue weighted by molar-refractivity contribution is -0.131. The van der Waals surface area contributed by atoms with Crippen molar-refractivity contribution in [3.05, 3.63) is 35.9 Å². The molecule has 1 aromatic carbocycles. The summed E-state index contributed by atoms with van der Waals surface area (Å²) in [6, 6.07) is 10.6. The highest BCUT2D eigenvalue weighted by molar-refractivity contribution is 5.85. The number of carbonyl (C=O) groups excluding carboxylic acids is 1. The topological polar surface area (TPSA) is 46.3 Å². The van der Waals surface area contributed by atoms with Crippen molar-refractivity contribution < 1.29 is 4.79 Å². The van der Waals surface area contributed by atoms with Crippen molar-refractivity contribution in [2.45, 2.75) is 50.9 Å². The van der Waals surface area contributed by atoms with E-state index in [0.717, 1.165) is 19.5 Å². The van der Waals surface area contributed by atoms with Gasteiger partial charge in [0.25, 0.3) is 0 Å². The summed E-state index contributed by atoms with van der Waals surface area (Å²) in [4.78, 5) is 14.8. The minimum absolute atomic E-state index is 0. The highest BCUT2D eigenvalue weighted by atomic mass is 35.5. The van der Waals surface area contributed by atoms with E-state index in [1.54, 1.807) is 0 Å². The Hall–Kier alpha value is -1.06. The lowest BCUT2D eigenvalue weighted by Crippen LogP contribution is -2.31. The Morgan fingerprint density at radius 2 is 1.71 bits per heavy atom. The highest BCUT2D eigenvalue weighted by Crippen LogP contribution is 2.33. The highest BCUT2D eigenvalue weighted by Gasteiger charge is 2.35. The van der Waals surface area contributed by atoms with Gasteiger partial charge < -0.3 is 10.6 Å². The third-order valence-electron chi connectivity index (χ3n) is 5.76. The molecule has 2 aliphatic rings. The number of carbonyl (C=O) groups is 1. The predicted octanol–water partition coefficient (Wildman–Crippen LogP) is 3.97. The van der Waals surface area contributed by atoms with Crippen molar-refractivity contribution >= 4 is 18.3 Å². The van der Waals surface area contributed by atoms with Gasteiger partial charge >= 0.3 is 0 Å². The van der Waals surface area contributed by atoms with Crippen molar-refractivity contribution in [3.8, 4) is 0 Å². The van der Waals surface area contributed by atoms with E-state index >= 15 is 0 Å². The molecule has 0 aromatic heterocycles. The van der Waals surface area contributed by atoms with Crippen LogP contribution in [0, 0.1) is 11.8 Å². The predicted molar refractivity (Wildman–Crippen MR) is 101 cm³/mol. The second-order valence-electron chi connectivity index (χ2n) is 7.37. The third kappa shape index (κ3) is 4.73. The Balaban J connectivity index is 0.00000208. The molecule has 1 saturated carbocycles. The molecule has 134 valence electrons. The first kappa shape index (κ1) is 19.3. The lowest BCUT2D eigenvalue weighted by atomic mass is 9.89. The average Bonchev–Trinajstić information content (AvgIpc) is 2.87. The van der Waals surface area contributed by atoms with Crippen LogP contribution in [0.25, 0.3) is 0 Å². The molecule has 3 rings (SSSR count).